The zero-order valence-electron chi connectivity index (χ0n) is 10.2. The number of primary amides is 1. The zero-order valence-corrected chi connectivity index (χ0v) is 10.2. The van der Waals surface area contributed by atoms with Gasteiger partial charge in [-0.05, 0) is 12.0 Å². The number of hydrogen-bond donors (Lipinski definition) is 4. The van der Waals surface area contributed by atoms with Crippen molar-refractivity contribution in [2.24, 2.45) is 11.7 Å². The highest BCUT2D eigenvalue weighted by molar-refractivity contribution is 5.90. The van der Waals surface area contributed by atoms with Crippen LogP contribution < -0.4 is 16.8 Å². The first-order valence-electron chi connectivity index (χ1n) is 5.37. The summed E-state index contributed by atoms with van der Waals surface area (Å²) in [7, 11) is 0. The summed E-state index contributed by atoms with van der Waals surface area (Å²) in [6.45, 7) is 3.65. The number of nitrogens with zero attached hydrogens (tertiary/aromatic N) is 1. The number of aromatic carboxylic acids is 1. The Kier molecular flexibility index (Phi) is 4.09. The maximum atomic E-state index is 11.2. The molecule has 1 heterocycles. The number of carboxylic acids is 1. The smallest absolute Gasteiger partial charge is 0.337 e. The predicted molar refractivity (Wildman–Crippen MR) is 67.1 cm³/mol. The van der Waals surface area contributed by atoms with Crippen molar-refractivity contribution >= 4 is 23.4 Å². The van der Waals surface area contributed by atoms with E-state index in [-0.39, 0.29) is 23.0 Å². The summed E-state index contributed by atoms with van der Waals surface area (Å²) in [6.07, 6.45) is 1.17. The summed E-state index contributed by atoms with van der Waals surface area (Å²) in [6, 6.07) is 0.659. The zero-order chi connectivity index (χ0) is 13.9. The highest BCUT2D eigenvalue weighted by atomic mass is 16.4. The molecule has 0 saturated heterocycles. The van der Waals surface area contributed by atoms with E-state index < -0.39 is 17.9 Å². The average Bonchev–Trinajstić information content (AvgIpc) is 2.25. The third kappa shape index (κ3) is 3.09. The lowest BCUT2D eigenvalue weighted by Gasteiger charge is -2.20. The Morgan fingerprint density at radius 2 is 2.06 bits per heavy atom. The number of nitrogens with one attached hydrogen (secondary N) is 1. The number of carbonyl (C=O) groups is 2. The molecule has 0 saturated carbocycles. The van der Waals surface area contributed by atoms with Gasteiger partial charge in [0.25, 0.3) is 0 Å². The van der Waals surface area contributed by atoms with Crippen molar-refractivity contribution in [1.82, 2.24) is 4.98 Å². The summed E-state index contributed by atoms with van der Waals surface area (Å²) in [5.74, 6) is -1.43. The first kappa shape index (κ1) is 13.8. The molecule has 0 fully saturated rings. The molecule has 1 aromatic rings. The summed E-state index contributed by atoms with van der Waals surface area (Å²) in [4.78, 5) is 25.8. The summed E-state index contributed by atoms with van der Waals surface area (Å²) in [5, 5.41) is 11.6. The molecule has 1 atom stereocenters. The minimum atomic E-state index is -1.11. The molecule has 0 radical (unpaired) electrons. The molecule has 18 heavy (non-hydrogen) atoms. The van der Waals surface area contributed by atoms with Gasteiger partial charge >= 0.3 is 5.97 Å². The SMILES string of the molecule is CC(C)C(Nc1ncc(C(=O)O)cc1N)C(N)=O. The molecule has 1 unspecified atom stereocenters. The Hall–Kier alpha value is -2.31. The lowest BCUT2D eigenvalue weighted by Crippen LogP contribution is -2.40. The largest absolute Gasteiger partial charge is 0.478 e. The molecule has 0 spiro atoms. The molecule has 1 amide bonds. The lowest BCUT2D eigenvalue weighted by molar-refractivity contribution is -0.119. The van der Waals surface area contributed by atoms with Gasteiger partial charge in [0, 0.05) is 6.20 Å². The van der Waals surface area contributed by atoms with Crippen molar-refractivity contribution in [3.8, 4) is 0 Å². The second-order valence-corrected chi connectivity index (χ2v) is 4.24. The number of anilines is 2. The van der Waals surface area contributed by atoms with Gasteiger partial charge in [-0.1, -0.05) is 13.8 Å². The van der Waals surface area contributed by atoms with Crippen LogP contribution in [0.4, 0.5) is 11.5 Å². The predicted octanol–water partition coefficient (Wildman–Crippen LogP) is 0.284. The number of carbonyl (C=O) groups excluding carboxylic acids is 1. The third-order valence-corrected chi connectivity index (χ3v) is 2.43. The summed E-state index contributed by atoms with van der Waals surface area (Å²) < 4.78 is 0. The van der Waals surface area contributed by atoms with Gasteiger partial charge in [0.05, 0.1) is 11.3 Å². The number of amides is 1. The van der Waals surface area contributed by atoms with E-state index in [0.717, 1.165) is 0 Å². The molecule has 1 rings (SSSR count). The van der Waals surface area contributed by atoms with E-state index >= 15 is 0 Å². The summed E-state index contributed by atoms with van der Waals surface area (Å²) >= 11 is 0. The van der Waals surface area contributed by atoms with Crippen LogP contribution in [0.1, 0.15) is 24.2 Å². The van der Waals surface area contributed by atoms with Crippen LogP contribution in [0, 0.1) is 5.92 Å². The topological polar surface area (TPSA) is 131 Å². The van der Waals surface area contributed by atoms with E-state index in [1.54, 1.807) is 0 Å². The van der Waals surface area contributed by atoms with Crippen LogP contribution in [0.2, 0.25) is 0 Å². The molecule has 0 aliphatic heterocycles. The number of nitrogens with two attached hydrogens (primary N) is 2. The van der Waals surface area contributed by atoms with Crippen LogP contribution in [0.5, 0.6) is 0 Å². The van der Waals surface area contributed by atoms with Crippen LogP contribution in [-0.4, -0.2) is 28.0 Å². The minimum absolute atomic E-state index is 0.0155. The highest BCUT2D eigenvalue weighted by Crippen LogP contribution is 2.19. The Bertz CT molecular complexity index is 473. The monoisotopic (exact) mass is 252 g/mol. The normalized spacial score (nSPS) is 12.2. The molecule has 1 aromatic heterocycles. The Morgan fingerprint density at radius 1 is 1.44 bits per heavy atom. The van der Waals surface area contributed by atoms with E-state index in [0.29, 0.717) is 0 Å². The van der Waals surface area contributed by atoms with Crippen LogP contribution in [-0.2, 0) is 4.79 Å². The van der Waals surface area contributed by atoms with Crippen molar-refractivity contribution < 1.29 is 14.7 Å². The fraction of sp³-hybridized carbons (Fsp3) is 0.364. The lowest BCUT2D eigenvalue weighted by atomic mass is 10.0. The number of carboxylic acid groups (broad SMARTS) is 1. The molecule has 0 bridgehead atoms. The maximum Gasteiger partial charge on any atom is 0.337 e. The van der Waals surface area contributed by atoms with Crippen LogP contribution in [0.25, 0.3) is 0 Å². The standard InChI is InChI=1S/C11H16N4O3/c1-5(2)8(9(13)16)15-10-7(12)3-6(4-14-10)11(17)18/h3-5,8H,12H2,1-2H3,(H2,13,16)(H,14,15)(H,17,18). The second-order valence-electron chi connectivity index (χ2n) is 4.24. The molecule has 6 N–H and O–H groups in total. The quantitative estimate of drug-likeness (QED) is 0.595. The van der Waals surface area contributed by atoms with E-state index in [2.05, 4.69) is 10.3 Å². The Balaban J connectivity index is 2.97. The fourth-order valence-corrected chi connectivity index (χ4v) is 1.43. The molecular formula is C11H16N4O3. The number of rotatable bonds is 5. The van der Waals surface area contributed by atoms with E-state index in [4.69, 9.17) is 16.6 Å². The van der Waals surface area contributed by atoms with Crippen molar-refractivity contribution in [2.45, 2.75) is 19.9 Å². The fourth-order valence-electron chi connectivity index (χ4n) is 1.43. The van der Waals surface area contributed by atoms with Crippen molar-refractivity contribution in [3.05, 3.63) is 17.8 Å². The van der Waals surface area contributed by atoms with Crippen molar-refractivity contribution in [3.63, 3.8) is 0 Å². The molecule has 0 aromatic carbocycles. The number of hydrogen-bond acceptors (Lipinski definition) is 5. The van der Waals surface area contributed by atoms with Gasteiger partial charge in [0.15, 0.2) is 0 Å². The Labute approximate surface area is 104 Å². The minimum Gasteiger partial charge on any atom is -0.478 e. The van der Waals surface area contributed by atoms with E-state index in [1.807, 2.05) is 13.8 Å². The molecule has 7 nitrogen and oxygen atoms in total. The van der Waals surface area contributed by atoms with Crippen LogP contribution in [0.15, 0.2) is 12.3 Å². The van der Waals surface area contributed by atoms with Crippen molar-refractivity contribution in [1.29, 1.82) is 0 Å². The molecule has 0 aliphatic rings. The van der Waals surface area contributed by atoms with Crippen LogP contribution >= 0.6 is 0 Å². The van der Waals surface area contributed by atoms with Gasteiger partial charge in [0.2, 0.25) is 5.91 Å². The summed E-state index contributed by atoms with van der Waals surface area (Å²) in [5.41, 5.74) is 11.1. The number of nitrogen functional groups attached to an aromatic ring is 1. The highest BCUT2D eigenvalue weighted by Gasteiger charge is 2.20. The number of pyridine rings is 1. The Morgan fingerprint density at radius 3 is 2.44 bits per heavy atom. The molecule has 98 valence electrons. The first-order valence-corrected chi connectivity index (χ1v) is 5.37. The van der Waals surface area contributed by atoms with Gasteiger partial charge < -0.3 is 21.9 Å². The van der Waals surface area contributed by atoms with Gasteiger partial charge in [-0.15, -0.1) is 0 Å². The third-order valence-electron chi connectivity index (χ3n) is 2.43. The van der Waals surface area contributed by atoms with Gasteiger partial charge in [-0.2, -0.15) is 0 Å². The van der Waals surface area contributed by atoms with E-state index in [1.165, 1.54) is 12.3 Å². The number of aromatic nitrogens is 1. The average molecular weight is 252 g/mol. The maximum absolute atomic E-state index is 11.2. The van der Waals surface area contributed by atoms with E-state index in [9.17, 15) is 9.59 Å². The molecule has 7 heteroatoms. The molecule has 0 aliphatic carbocycles. The molecular weight excluding hydrogens is 236 g/mol. The second kappa shape index (κ2) is 5.35. The van der Waals surface area contributed by atoms with Crippen molar-refractivity contribution in [2.75, 3.05) is 11.1 Å². The van der Waals surface area contributed by atoms with Gasteiger partial charge in [-0.25, -0.2) is 9.78 Å². The van der Waals surface area contributed by atoms with Gasteiger partial charge in [-0.3, -0.25) is 4.79 Å². The van der Waals surface area contributed by atoms with Gasteiger partial charge in [0.1, 0.15) is 11.9 Å². The van der Waals surface area contributed by atoms with Crippen LogP contribution in [0.3, 0.4) is 0 Å². The first-order chi connectivity index (χ1) is 8.32.